The van der Waals surface area contributed by atoms with Gasteiger partial charge in [-0.1, -0.05) is 32.0 Å². The molecule has 0 saturated carbocycles. The van der Waals surface area contributed by atoms with E-state index in [1.54, 1.807) is 16.7 Å². The predicted molar refractivity (Wildman–Crippen MR) is 117 cm³/mol. The van der Waals surface area contributed by atoms with Gasteiger partial charge in [0.05, 0.1) is 12.5 Å². The molecule has 4 rings (SSSR count). The zero-order chi connectivity index (χ0) is 22.1. The lowest BCUT2D eigenvalue weighted by atomic mass is 9.91. The van der Waals surface area contributed by atoms with Gasteiger partial charge in [0, 0.05) is 23.2 Å². The van der Waals surface area contributed by atoms with Crippen LogP contribution in [0.5, 0.6) is 0 Å². The van der Waals surface area contributed by atoms with Crippen molar-refractivity contribution in [2.75, 3.05) is 0 Å². The maximum Gasteiger partial charge on any atom is 0.308 e. The summed E-state index contributed by atoms with van der Waals surface area (Å²) in [6.07, 6.45) is 0.268. The number of aliphatic hydroxyl groups excluding tert-OH is 1. The number of carbonyl (C=O) groups is 1. The van der Waals surface area contributed by atoms with Crippen LogP contribution in [0.15, 0.2) is 53.3 Å². The van der Waals surface area contributed by atoms with Gasteiger partial charge in [0.15, 0.2) is 0 Å². The second-order valence-corrected chi connectivity index (χ2v) is 8.42. The second-order valence-electron chi connectivity index (χ2n) is 8.42. The van der Waals surface area contributed by atoms with Crippen LogP contribution in [0.25, 0.3) is 16.5 Å². The van der Waals surface area contributed by atoms with Crippen LogP contribution < -0.4 is 5.56 Å². The molecule has 0 bridgehead atoms. The zero-order valence-corrected chi connectivity index (χ0v) is 17.7. The Hall–Kier alpha value is -2.99. The average Bonchev–Trinajstić information content (AvgIpc) is 2.72. The minimum absolute atomic E-state index is 0.0179. The van der Waals surface area contributed by atoms with E-state index in [4.69, 9.17) is 4.74 Å². The quantitative estimate of drug-likeness (QED) is 0.623. The van der Waals surface area contributed by atoms with Gasteiger partial charge in [-0.2, -0.15) is 0 Å². The molecule has 162 valence electrons. The van der Waals surface area contributed by atoms with Gasteiger partial charge >= 0.3 is 5.97 Å². The third-order valence-corrected chi connectivity index (χ3v) is 5.83. The summed E-state index contributed by atoms with van der Waals surface area (Å²) in [5, 5.41) is 11.5. The summed E-state index contributed by atoms with van der Waals surface area (Å²) < 4.78 is 20.6. The minimum Gasteiger partial charge on any atom is -0.462 e. The molecule has 1 saturated heterocycles. The number of benzene rings is 2. The fourth-order valence-corrected chi connectivity index (χ4v) is 4.51. The normalized spacial score (nSPS) is 19.1. The average molecular weight is 423 g/mol. The molecule has 0 amide bonds. The summed E-state index contributed by atoms with van der Waals surface area (Å²) in [6.45, 7) is 4.16. The first-order valence-electron chi connectivity index (χ1n) is 10.6. The van der Waals surface area contributed by atoms with Crippen LogP contribution in [0.3, 0.4) is 0 Å². The van der Waals surface area contributed by atoms with Crippen molar-refractivity contribution in [1.29, 1.82) is 0 Å². The highest BCUT2D eigenvalue weighted by atomic mass is 19.1. The molecule has 1 fully saturated rings. The van der Waals surface area contributed by atoms with Crippen LogP contribution in [0.4, 0.5) is 4.39 Å². The van der Waals surface area contributed by atoms with Crippen molar-refractivity contribution in [3.8, 4) is 5.69 Å². The molecule has 1 aromatic heterocycles. The summed E-state index contributed by atoms with van der Waals surface area (Å²) in [7, 11) is 0. The third kappa shape index (κ3) is 4.26. The molecule has 0 radical (unpaired) electrons. The lowest BCUT2D eigenvalue weighted by molar-refractivity contribution is -0.160. The molecule has 1 N–H and O–H groups in total. The topological polar surface area (TPSA) is 68.5 Å². The van der Waals surface area contributed by atoms with Crippen LogP contribution in [-0.2, 0) is 16.0 Å². The van der Waals surface area contributed by atoms with E-state index >= 15 is 0 Å². The first-order valence-corrected chi connectivity index (χ1v) is 10.6. The number of pyridine rings is 1. The molecule has 2 heterocycles. The fraction of sp³-hybridized carbons (Fsp3) is 0.360. The van der Waals surface area contributed by atoms with E-state index in [-0.39, 0.29) is 23.7 Å². The van der Waals surface area contributed by atoms with Gasteiger partial charge in [0.2, 0.25) is 0 Å². The fourth-order valence-electron chi connectivity index (χ4n) is 4.51. The Bertz CT molecular complexity index is 1170. The van der Waals surface area contributed by atoms with E-state index in [0.29, 0.717) is 30.3 Å². The third-order valence-electron chi connectivity index (χ3n) is 5.83. The highest BCUT2D eigenvalue weighted by molar-refractivity contribution is 5.86. The van der Waals surface area contributed by atoms with E-state index in [1.807, 2.05) is 24.3 Å². The number of ether oxygens (including phenoxy) is 1. The van der Waals surface area contributed by atoms with Crippen molar-refractivity contribution in [3.05, 3.63) is 76.0 Å². The monoisotopic (exact) mass is 423 g/mol. The largest absolute Gasteiger partial charge is 0.462 e. The molecule has 3 aromatic rings. The van der Waals surface area contributed by atoms with Crippen molar-refractivity contribution in [2.45, 2.75) is 57.7 Å². The van der Waals surface area contributed by atoms with E-state index in [9.17, 15) is 19.1 Å². The summed E-state index contributed by atoms with van der Waals surface area (Å²) >= 11 is 0. The number of rotatable bonds is 5. The number of fused-ring (bicyclic) bond motifs is 1. The van der Waals surface area contributed by atoms with Crippen LogP contribution >= 0.6 is 0 Å². The number of hydrogen-bond donors (Lipinski definition) is 1. The van der Waals surface area contributed by atoms with Crippen molar-refractivity contribution < 1.29 is 19.0 Å². The summed E-state index contributed by atoms with van der Waals surface area (Å²) in [4.78, 5) is 25.3. The van der Waals surface area contributed by atoms with Crippen molar-refractivity contribution >= 4 is 16.7 Å². The molecule has 2 aromatic carbocycles. The number of aromatic nitrogens is 1. The molecule has 0 spiro atoms. The number of cyclic esters (lactones) is 1. The summed E-state index contributed by atoms with van der Waals surface area (Å²) in [5.41, 5.74) is 2.29. The van der Waals surface area contributed by atoms with E-state index in [2.05, 4.69) is 13.8 Å². The van der Waals surface area contributed by atoms with E-state index in [1.165, 1.54) is 12.1 Å². The molecule has 0 unspecified atom stereocenters. The Morgan fingerprint density at radius 3 is 2.42 bits per heavy atom. The molecule has 1 aliphatic heterocycles. The number of halogens is 1. The predicted octanol–water partition coefficient (Wildman–Crippen LogP) is 4.25. The van der Waals surface area contributed by atoms with Crippen LogP contribution in [0.1, 0.15) is 50.3 Å². The highest BCUT2D eigenvalue weighted by Crippen LogP contribution is 2.31. The summed E-state index contributed by atoms with van der Waals surface area (Å²) in [6, 6.07) is 13.4. The Morgan fingerprint density at radius 1 is 1.10 bits per heavy atom. The maximum atomic E-state index is 13.6. The smallest absolute Gasteiger partial charge is 0.308 e. The number of nitrogens with zero attached hydrogens (tertiary/aromatic N) is 1. The maximum absolute atomic E-state index is 13.6. The number of hydrogen-bond acceptors (Lipinski definition) is 4. The highest BCUT2D eigenvalue weighted by Gasteiger charge is 2.28. The molecule has 6 heteroatoms. The van der Waals surface area contributed by atoms with Crippen LogP contribution in [0.2, 0.25) is 0 Å². The molecule has 31 heavy (non-hydrogen) atoms. The van der Waals surface area contributed by atoms with Crippen LogP contribution in [0, 0.1) is 5.82 Å². The Morgan fingerprint density at radius 2 is 1.77 bits per heavy atom. The van der Waals surface area contributed by atoms with E-state index < -0.39 is 18.2 Å². The molecule has 0 aliphatic carbocycles. The van der Waals surface area contributed by atoms with Gasteiger partial charge in [-0.3, -0.25) is 14.2 Å². The van der Waals surface area contributed by atoms with Gasteiger partial charge in [0.25, 0.3) is 5.56 Å². The Labute approximate surface area is 180 Å². The van der Waals surface area contributed by atoms with Gasteiger partial charge in [0.1, 0.15) is 11.9 Å². The number of aliphatic hydroxyl groups is 1. The van der Waals surface area contributed by atoms with Crippen molar-refractivity contribution in [3.63, 3.8) is 0 Å². The van der Waals surface area contributed by atoms with E-state index in [0.717, 1.165) is 16.6 Å². The molecule has 2 atom stereocenters. The lowest BCUT2D eigenvalue weighted by Crippen LogP contribution is -2.33. The first kappa shape index (κ1) is 21.2. The second kappa shape index (κ2) is 8.63. The van der Waals surface area contributed by atoms with Gasteiger partial charge in [-0.15, -0.1) is 0 Å². The SMILES string of the molecule is CC(C)c1c(CC[C@@H]2C[C@@H](O)CC(=O)O2)n(-c2ccc(F)cc2)c(=O)c2ccccc12. The first-order chi connectivity index (χ1) is 14.8. The zero-order valence-electron chi connectivity index (χ0n) is 17.7. The van der Waals surface area contributed by atoms with Gasteiger partial charge in [-0.05, 0) is 60.0 Å². The van der Waals surface area contributed by atoms with Crippen LogP contribution in [-0.4, -0.2) is 27.9 Å². The standard InChI is InChI=1S/C25H26FNO4/c1-15(2)24-20-5-3-4-6-21(20)25(30)27(17-9-7-16(26)8-10-17)22(24)12-11-19-13-18(28)14-23(29)31-19/h3-10,15,18-19,28H,11-14H2,1-2H3/t18-,19-/m1/s1. The molecular formula is C25H26FNO4. The molecule has 5 nitrogen and oxygen atoms in total. The summed E-state index contributed by atoms with van der Waals surface area (Å²) in [5.74, 6) is -0.639. The molecule has 1 aliphatic rings. The molecular weight excluding hydrogens is 397 g/mol. The lowest BCUT2D eigenvalue weighted by Gasteiger charge is -2.27. The number of esters is 1. The number of carbonyl (C=O) groups excluding carboxylic acids is 1. The Balaban J connectivity index is 1.87. The minimum atomic E-state index is -0.702. The van der Waals surface area contributed by atoms with Gasteiger partial charge in [-0.25, -0.2) is 4.39 Å². The van der Waals surface area contributed by atoms with Crippen molar-refractivity contribution in [2.24, 2.45) is 0 Å². The Kier molecular flexibility index (Phi) is 5.92. The van der Waals surface area contributed by atoms with Crippen molar-refractivity contribution in [1.82, 2.24) is 4.57 Å². The van der Waals surface area contributed by atoms with Gasteiger partial charge < -0.3 is 9.84 Å².